The van der Waals surface area contributed by atoms with Gasteiger partial charge < -0.3 is 29.8 Å². The van der Waals surface area contributed by atoms with Crippen LogP contribution in [0.2, 0.25) is 0 Å². The number of anilines is 1. The molecule has 3 aromatic heterocycles. The van der Waals surface area contributed by atoms with Crippen LogP contribution in [0.5, 0.6) is 5.75 Å². The Balaban J connectivity index is 1.42. The number of amides is 2. The number of imidazole rings is 1. The number of hydrogen-bond acceptors (Lipinski definition) is 8. The molecule has 2 amide bonds. The summed E-state index contributed by atoms with van der Waals surface area (Å²) in [5, 5.41) is 9.65. The number of carbonyl (C=O) groups excluding carboxylic acids is 2. The van der Waals surface area contributed by atoms with Crippen molar-refractivity contribution in [3.63, 3.8) is 0 Å². The number of sulfonamides is 1. The van der Waals surface area contributed by atoms with Gasteiger partial charge in [-0.1, -0.05) is 0 Å². The molecular formula is C29H34F2N8O5S. The molecule has 1 saturated heterocycles. The second kappa shape index (κ2) is 11.6. The molecule has 2 atom stereocenters. The van der Waals surface area contributed by atoms with Crippen molar-refractivity contribution < 1.29 is 31.5 Å². The van der Waals surface area contributed by atoms with Crippen molar-refractivity contribution in [2.75, 3.05) is 30.8 Å². The monoisotopic (exact) mass is 644 g/mol. The molecule has 6 rings (SSSR count). The maximum absolute atomic E-state index is 13.8. The summed E-state index contributed by atoms with van der Waals surface area (Å²) in [4.78, 5) is 34.2. The number of nitrogens with zero attached hydrogens (tertiary/aromatic N) is 5. The lowest BCUT2D eigenvalue weighted by Crippen LogP contribution is -2.50. The summed E-state index contributed by atoms with van der Waals surface area (Å²) in [6, 6.07) is 7.44. The lowest BCUT2D eigenvalue weighted by Gasteiger charge is -2.20. The third-order valence-corrected chi connectivity index (χ3v) is 9.25. The normalized spacial score (nSPS) is 18.6. The van der Waals surface area contributed by atoms with Crippen molar-refractivity contribution in [2.45, 2.75) is 44.9 Å². The van der Waals surface area contributed by atoms with Gasteiger partial charge in [0.15, 0.2) is 5.82 Å². The average molecular weight is 645 g/mol. The number of aryl methyl sites for hydroxylation is 1. The van der Waals surface area contributed by atoms with Crippen molar-refractivity contribution in [1.29, 1.82) is 0 Å². The van der Waals surface area contributed by atoms with Gasteiger partial charge in [-0.15, -0.1) is 0 Å². The molecule has 240 valence electrons. The van der Waals surface area contributed by atoms with E-state index in [1.54, 1.807) is 18.2 Å². The summed E-state index contributed by atoms with van der Waals surface area (Å²) >= 11 is 0. The van der Waals surface area contributed by atoms with Gasteiger partial charge in [0.2, 0.25) is 15.9 Å². The van der Waals surface area contributed by atoms with Gasteiger partial charge in [-0.25, -0.2) is 18.4 Å². The predicted octanol–water partition coefficient (Wildman–Crippen LogP) is 2.20. The van der Waals surface area contributed by atoms with E-state index in [-0.39, 0.29) is 34.0 Å². The number of methoxy groups -OCH3 is 1. The van der Waals surface area contributed by atoms with Gasteiger partial charge in [-0.2, -0.15) is 13.1 Å². The molecule has 2 fully saturated rings. The minimum atomic E-state index is -4.29. The fraction of sp³-hybridized carbons (Fsp3) is 0.448. The highest BCUT2D eigenvalue weighted by Gasteiger charge is 2.32. The van der Waals surface area contributed by atoms with E-state index in [0.717, 1.165) is 12.8 Å². The minimum absolute atomic E-state index is 0.00705. The molecule has 45 heavy (non-hydrogen) atoms. The molecule has 0 bridgehead atoms. The van der Waals surface area contributed by atoms with Crippen LogP contribution in [-0.2, 0) is 28.4 Å². The summed E-state index contributed by atoms with van der Waals surface area (Å²) in [5.41, 5.74) is 2.49. The molecule has 1 aliphatic heterocycles. The van der Waals surface area contributed by atoms with E-state index in [2.05, 4.69) is 20.9 Å². The van der Waals surface area contributed by atoms with Crippen LogP contribution < -0.4 is 25.0 Å². The number of aromatic nitrogens is 4. The van der Waals surface area contributed by atoms with Gasteiger partial charge in [-0.05, 0) is 49.1 Å². The number of fused-ring (bicyclic) bond motifs is 2. The van der Waals surface area contributed by atoms with Gasteiger partial charge in [0, 0.05) is 44.6 Å². The Morgan fingerprint density at radius 1 is 1.13 bits per heavy atom. The fourth-order valence-corrected chi connectivity index (χ4v) is 6.64. The van der Waals surface area contributed by atoms with Gasteiger partial charge in [0.05, 0.1) is 36.7 Å². The third-order valence-electron chi connectivity index (χ3n) is 8.19. The molecule has 3 N–H and O–H groups in total. The van der Waals surface area contributed by atoms with Crippen molar-refractivity contribution in [3.05, 3.63) is 35.9 Å². The van der Waals surface area contributed by atoms with E-state index in [1.165, 1.54) is 20.1 Å². The second-order valence-electron chi connectivity index (χ2n) is 11.6. The van der Waals surface area contributed by atoms with Crippen LogP contribution >= 0.6 is 0 Å². The smallest absolute Gasteiger partial charge is 0.329 e. The number of benzene rings is 1. The Bertz CT molecular complexity index is 1920. The average Bonchev–Trinajstić information content (AvgIpc) is 3.44. The molecule has 1 saturated carbocycles. The summed E-state index contributed by atoms with van der Waals surface area (Å²) in [5.74, 6) is 0.410. The summed E-state index contributed by atoms with van der Waals surface area (Å²) < 4.78 is 61.4. The van der Waals surface area contributed by atoms with Crippen molar-refractivity contribution in [1.82, 2.24) is 35.1 Å². The Morgan fingerprint density at radius 2 is 1.84 bits per heavy atom. The number of pyridine rings is 1. The van der Waals surface area contributed by atoms with Crippen LogP contribution in [0.15, 0.2) is 30.3 Å². The number of alkyl halides is 2. The zero-order chi connectivity index (χ0) is 32.2. The topological polar surface area (TPSA) is 152 Å². The molecule has 1 aliphatic carbocycles. The Kier molecular flexibility index (Phi) is 7.89. The van der Waals surface area contributed by atoms with Gasteiger partial charge >= 0.3 is 6.55 Å². The second-order valence-corrected chi connectivity index (χ2v) is 13.4. The molecule has 0 unspecified atom stereocenters. The van der Waals surface area contributed by atoms with E-state index in [4.69, 9.17) is 9.72 Å². The number of nitrogens with one attached hydrogen (secondary N) is 3. The van der Waals surface area contributed by atoms with E-state index >= 15 is 0 Å². The Labute approximate surface area is 258 Å². The van der Waals surface area contributed by atoms with Crippen molar-refractivity contribution in [3.8, 4) is 17.3 Å². The Hall–Kier alpha value is -4.31. The number of ether oxygens (including phenoxy) is 1. The predicted molar refractivity (Wildman–Crippen MR) is 164 cm³/mol. The van der Waals surface area contributed by atoms with Crippen molar-refractivity contribution >= 4 is 49.7 Å². The van der Waals surface area contributed by atoms with Gasteiger partial charge in [0.1, 0.15) is 22.7 Å². The van der Waals surface area contributed by atoms with Crippen LogP contribution in [0.1, 0.15) is 30.1 Å². The molecule has 1 aromatic carbocycles. The van der Waals surface area contributed by atoms with Crippen LogP contribution in [0.3, 0.4) is 0 Å². The minimum Gasteiger partial charge on any atom is -0.494 e. The summed E-state index contributed by atoms with van der Waals surface area (Å²) in [6.07, 6.45) is 2.71. The molecule has 13 nitrogen and oxygen atoms in total. The molecular weight excluding hydrogens is 610 g/mol. The largest absolute Gasteiger partial charge is 0.494 e. The highest BCUT2D eigenvalue weighted by molar-refractivity contribution is 7.92. The highest BCUT2D eigenvalue weighted by atomic mass is 32.2. The molecule has 16 heteroatoms. The number of rotatable bonds is 10. The van der Waals surface area contributed by atoms with Gasteiger partial charge in [0.25, 0.3) is 5.91 Å². The first-order valence-electron chi connectivity index (χ1n) is 14.5. The van der Waals surface area contributed by atoms with E-state index in [9.17, 15) is 26.8 Å². The molecule has 4 aromatic rings. The van der Waals surface area contributed by atoms with Crippen LogP contribution in [-0.4, -0.2) is 84.4 Å². The maximum atomic E-state index is 13.8. The van der Waals surface area contributed by atoms with E-state index < -0.39 is 16.6 Å². The lowest BCUT2D eigenvalue weighted by atomic mass is 10.1. The van der Waals surface area contributed by atoms with Crippen LogP contribution in [0, 0.1) is 5.92 Å². The highest BCUT2D eigenvalue weighted by Crippen LogP contribution is 2.38. The Morgan fingerprint density at radius 3 is 2.47 bits per heavy atom. The molecule has 4 heterocycles. The first-order chi connectivity index (χ1) is 21.3. The SMILES string of the molecule is COc1cc(C(=O)N[C@H]2CNC[C@@H]2NC(C)=O)cc2nc(-c3cc4ccc(N(C(F)F)S(C)(=O)=O)nc4n3CC3CC3)n(C)c12. The summed E-state index contributed by atoms with van der Waals surface area (Å²) in [6.45, 7) is -0.278. The van der Waals surface area contributed by atoms with Gasteiger partial charge in [-0.3, -0.25) is 9.59 Å². The summed E-state index contributed by atoms with van der Waals surface area (Å²) in [7, 11) is -0.970. The zero-order valence-corrected chi connectivity index (χ0v) is 26.0. The number of halogens is 2. The van der Waals surface area contributed by atoms with E-state index in [0.29, 0.717) is 76.7 Å². The molecule has 0 radical (unpaired) electrons. The number of hydrogen-bond donors (Lipinski definition) is 3. The van der Waals surface area contributed by atoms with Crippen molar-refractivity contribution in [2.24, 2.45) is 13.0 Å². The standard InChI is InChI=1S/C29H34F2N8O5S/c1-15(40)33-20-12-32-13-21(20)35-28(41)18-9-19-25(23(11-18)44-3)37(2)27(34-19)22-10-17-7-8-24(39(29(30)31)45(4,42)43)36-26(17)38(22)14-16-5-6-16/h7-11,16,20-21,29,32H,5-6,12-14H2,1-4H3,(H,33,40)(H,35,41)/t20-,21-/m0/s1. The van der Waals surface area contributed by atoms with Crippen LogP contribution in [0.25, 0.3) is 33.6 Å². The zero-order valence-electron chi connectivity index (χ0n) is 25.2. The van der Waals surface area contributed by atoms with E-state index in [1.807, 2.05) is 22.2 Å². The quantitative estimate of drug-likeness (QED) is 0.222. The fourth-order valence-electron chi connectivity index (χ4n) is 5.90. The lowest BCUT2D eigenvalue weighted by molar-refractivity contribution is -0.119. The maximum Gasteiger partial charge on any atom is 0.329 e. The van der Waals surface area contributed by atoms with Crippen LogP contribution in [0.4, 0.5) is 14.6 Å². The first kappa shape index (κ1) is 30.7. The molecule has 2 aliphatic rings. The number of carbonyl (C=O) groups is 2. The molecule has 0 spiro atoms. The third kappa shape index (κ3) is 5.91. The first-order valence-corrected chi connectivity index (χ1v) is 16.3.